The van der Waals surface area contributed by atoms with Gasteiger partial charge < -0.3 is 14.2 Å². The average Bonchev–Trinajstić information content (AvgIpc) is 2.80. The number of rotatable bonds is 5. The minimum atomic E-state index is -0.565. The molecule has 0 saturated heterocycles. The van der Waals surface area contributed by atoms with Gasteiger partial charge in [-0.2, -0.15) is 0 Å². The van der Waals surface area contributed by atoms with Crippen molar-refractivity contribution in [1.82, 2.24) is 4.98 Å². The van der Waals surface area contributed by atoms with Gasteiger partial charge in [0.1, 0.15) is 5.02 Å². The number of halogens is 2. The number of hydrogen-bond acceptors (Lipinski definition) is 5. The molecule has 0 unspecified atom stereocenters. The highest BCUT2D eigenvalue weighted by Crippen LogP contribution is 2.35. The molecular weight excluding hydrogens is 437 g/mol. The molecule has 0 radical (unpaired) electrons. The van der Waals surface area contributed by atoms with Crippen molar-refractivity contribution in [3.05, 3.63) is 82.3 Å². The number of carbonyl (C=O) groups is 1. The van der Waals surface area contributed by atoms with Gasteiger partial charge in [-0.15, -0.1) is 0 Å². The first-order chi connectivity index (χ1) is 15.0. The Kier molecular flexibility index (Phi) is 5.98. The van der Waals surface area contributed by atoms with E-state index in [0.29, 0.717) is 38.7 Å². The molecule has 31 heavy (non-hydrogen) atoms. The molecule has 0 aliphatic heterocycles. The molecule has 0 amide bonds. The van der Waals surface area contributed by atoms with Crippen molar-refractivity contribution in [2.45, 2.75) is 0 Å². The third-order valence-electron chi connectivity index (χ3n) is 4.73. The summed E-state index contributed by atoms with van der Waals surface area (Å²) in [7, 11) is 3.13. The van der Waals surface area contributed by atoms with Gasteiger partial charge in [-0.25, -0.2) is 9.78 Å². The maximum atomic E-state index is 13.1. The van der Waals surface area contributed by atoms with Gasteiger partial charge in [0, 0.05) is 10.9 Å². The zero-order valence-electron chi connectivity index (χ0n) is 16.7. The Labute approximate surface area is 189 Å². The van der Waals surface area contributed by atoms with Crippen LogP contribution in [0.5, 0.6) is 17.2 Å². The zero-order chi connectivity index (χ0) is 22.0. The van der Waals surface area contributed by atoms with Crippen molar-refractivity contribution in [1.29, 1.82) is 0 Å². The van der Waals surface area contributed by atoms with Crippen LogP contribution in [-0.4, -0.2) is 25.2 Å². The quantitative estimate of drug-likeness (QED) is 0.256. The smallest absolute Gasteiger partial charge is 0.344 e. The molecule has 1 aromatic heterocycles. The Morgan fingerprint density at radius 1 is 0.839 bits per heavy atom. The largest absolute Gasteiger partial charge is 0.493 e. The van der Waals surface area contributed by atoms with Crippen LogP contribution in [0.3, 0.4) is 0 Å². The van der Waals surface area contributed by atoms with E-state index in [-0.39, 0.29) is 10.8 Å². The molecule has 0 aliphatic rings. The lowest BCUT2D eigenvalue weighted by Gasteiger charge is -2.12. The van der Waals surface area contributed by atoms with Crippen LogP contribution >= 0.6 is 23.2 Å². The number of pyridine rings is 1. The van der Waals surface area contributed by atoms with Crippen LogP contribution in [-0.2, 0) is 0 Å². The van der Waals surface area contributed by atoms with E-state index in [1.165, 1.54) is 0 Å². The fourth-order valence-corrected chi connectivity index (χ4v) is 3.54. The molecule has 0 bridgehead atoms. The van der Waals surface area contributed by atoms with E-state index in [1.807, 2.05) is 30.3 Å². The van der Waals surface area contributed by atoms with Gasteiger partial charge in [-0.05, 0) is 42.5 Å². The summed E-state index contributed by atoms with van der Waals surface area (Å²) in [5.74, 6) is 0.782. The summed E-state index contributed by atoms with van der Waals surface area (Å²) < 4.78 is 16.3. The highest BCUT2D eigenvalue weighted by Gasteiger charge is 2.18. The normalized spacial score (nSPS) is 10.7. The van der Waals surface area contributed by atoms with Gasteiger partial charge in [-0.3, -0.25) is 0 Å². The first kappa shape index (κ1) is 21.0. The molecule has 156 valence electrons. The molecule has 5 nitrogen and oxygen atoms in total. The Bertz CT molecular complexity index is 1290. The minimum absolute atomic E-state index is 0.177. The van der Waals surface area contributed by atoms with Crippen LogP contribution < -0.4 is 14.2 Å². The van der Waals surface area contributed by atoms with Crippen molar-refractivity contribution in [3.63, 3.8) is 0 Å². The second-order valence-corrected chi connectivity index (χ2v) is 7.37. The summed E-state index contributed by atoms with van der Waals surface area (Å²) in [6.45, 7) is 0. The Morgan fingerprint density at radius 2 is 1.61 bits per heavy atom. The van der Waals surface area contributed by atoms with Crippen molar-refractivity contribution in [2.24, 2.45) is 0 Å². The number of ether oxygens (including phenoxy) is 3. The van der Waals surface area contributed by atoms with Gasteiger partial charge in [-0.1, -0.05) is 47.5 Å². The van der Waals surface area contributed by atoms with Gasteiger partial charge in [0.2, 0.25) is 0 Å². The molecule has 7 heteroatoms. The van der Waals surface area contributed by atoms with Gasteiger partial charge >= 0.3 is 5.97 Å². The molecule has 3 aromatic carbocycles. The fourth-order valence-electron chi connectivity index (χ4n) is 3.21. The van der Waals surface area contributed by atoms with E-state index in [0.717, 1.165) is 5.56 Å². The predicted molar refractivity (Wildman–Crippen MR) is 122 cm³/mol. The molecule has 0 aliphatic carbocycles. The Hall–Kier alpha value is -3.28. The van der Waals surface area contributed by atoms with Crippen LogP contribution in [0.4, 0.5) is 0 Å². The summed E-state index contributed by atoms with van der Waals surface area (Å²) in [6, 6.07) is 19.3. The summed E-state index contributed by atoms with van der Waals surface area (Å²) >= 11 is 12.2. The van der Waals surface area contributed by atoms with Crippen molar-refractivity contribution < 1.29 is 19.0 Å². The number of hydrogen-bond donors (Lipinski definition) is 0. The van der Waals surface area contributed by atoms with E-state index < -0.39 is 5.97 Å². The van der Waals surface area contributed by atoms with E-state index in [9.17, 15) is 4.79 Å². The molecule has 4 rings (SSSR count). The SMILES string of the molecule is COc1ccc(-c2cc(C(=O)Oc3cccc(Cl)c3Cl)c3ccccc3n2)cc1OC. The maximum absolute atomic E-state index is 13.1. The molecule has 0 spiro atoms. The van der Waals surface area contributed by atoms with Crippen LogP contribution in [0.15, 0.2) is 66.7 Å². The van der Waals surface area contributed by atoms with E-state index >= 15 is 0 Å². The highest BCUT2D eigenvalue weighted by atomic mass is 35.5. The van der Waals surface area contributed by atoms with Crippen LogP contribution in [0.25, 0.3) is 22.2 Å². The lowest BCUT2D eigenvalue weighted by Crippen LogP contribution is -2.10. The summed E-state index contributed by atoms with van der Waals surface area (Å²) in [5, 5.41) is 1.14. The first-order valence-electron chi connectivity index (χ1n) is 9.30. The monoisotopic (exact) mass is 453 g/mol. The van der Waals surface area contributed by atoms with Gasteiger partial charge in [0.05, 0.1) is 36.0 Å². The van der Waals surface area contributed by atoms with Crippen molar-refractivity contribution in [3.8, 4) is 28.5 Å². The summed E-state index contributed by atoms with van der Waals surface area (Å²) in [4.78, 5) is 17.8. The zero-order valence-corrected chi connectivity index (χ0v) is 18.2. The van der Waals surface area contributed by atoms with Crippen LogP contribution in [0, 0.1) is 0 Å². The maximum Gasteiger partial charge on any atom is 0.344 e. The molecule has 4 aromatic rings. The first-order valence-corrected chi connectivity index (χ1v) is 10.1. The van der Waals surface area contributed by atoms with E-state index in [1.54, 1.807) is 50.6 Å². The summed E-state index contributed by atoms with van der Waals surface area (Å²) in [5.41, 5.74) is 2.35. The minimum Gasteiger partial charge on any atom is -0.493 e. The van der Waals surface area contributed by atoms with Crippen LogP contribution in [0.1, 0.15) is 10.4 Å². The van der Waals surface area contributed by atoms with Crippen molar-refractivity contribution >= 4 is 40.1 Å². The molecule has 0 atom stereocenters. The lowest BCUT2D eigenvalue weighted by molar-refractivity contribution is 0.0737. The topological polar surface area (TPSA) is 57.7 Å². The van der Waals surface area contributed by atoms with E-state index in [2.05, 4.69) is 0 Å². The second kappa shape index (κ2) is 8.84. The Balaban J connectivity index is 1.82. The molecular formula is C24H17Cl2NO4. The standard InChI is InChI=1S/C24H17Cl2NO4/c1-29-20-11-10-14(12-22(20)30-2)19-13-16(15-6-3-4-8-18(15)27-19)24(28)31-21-9-5-7-17(25)23(21)26/h3-13H,1-2H3. The number of fused-ring (bicyclic) bond motifs is 1. The summed E-state index contributed by atoms with van der Waals surface area (Å²) in [6.07, 6.45) is 0. The number of methoxy groups -OCH3 is 2. The third kappa shape index (κ3) is 4.15. The number of benzene rings is 3. The molecule has 0 saturated carbocycles. The predicted octanol–water partition coefficient (Wildman–Crippen LogP) is 6.45. The van der Waals surface area contributed by atoms with Crippen LogP contribution in [0.2, 0.25) is 10.0 Å². The molecule has 0 fully saturated rings. The second-order valence-electron chi connectivity index (χ2n) is 6.58. The molecule has 1 heterocycles. The number of para-hydroxylation sites is 1. The molecule has 0 N–H and O–H groups in total. The Morgan fingerprint density at radius 3 is 2.39 bits per heavy atom. The third-order valence-corrected chi connectivity index (χ3v) is 5.54. The number of aromatic nitrogens is 1. The highest BCUT2D eigenvalue weighted by molar-refractivity contribution is 6.43. The lowest BCUT2D eigenvalue weighted by atomic mass is 10.0. The van der Waals surface area contributed by atoms with Gasteiger partial charge in [0.15, 0.2) is 17.2 Å². The number of nitrogens with zero attached hydrogens (tertiary/aromatic N) is 1. The van der Waals surface area contributed by atoms with Crippen molar-refractivity contribution in [2.75, 3.05) is 14.2 Å². The number of esters is 1. The van der Waals surface area contributed by atoms with Gasteiger partial charge in [0.25, 0.3) is 0 Å². The average molecular weight is 454 g/mol. The number of carbonyl (C=O) groups excluding carboxylic acids is 1. The fraction of sp³-hybridized carbons (Fsp3) is 0.0833. The van der Waals surface area contributed by atoms with E-state index in [4.69, 9.17) is 42.4 Å².